The van der Waals surface area contributed by atoms with E-state index in [0.717, 1.165) is 11.1 Å². The van der Waals surface area contributed by atoms with Gasteiger partial charge in [0, 0.05) is 17.8 Å². The number of fused-ring (bicyclic) bond motifs is 1. The molecule has 6 heteroatoms. The molecule has 0 bridgehead atoms. The lowest BCUT2D eigenvalue weighted by Gasteiger charge is -2.27. The predicted octanol–water partition coefficient (Wildman–Crippen LogP) is 4.20. The van der Waals surface area contributed by atoms with E-state index in [-0.39, 0.29) is 11.8 Å². The van der Waals surface area contributed by atoms with E-state index < -0.39 is 12.0 Å². The lowest BCUT2D eigenvalue weighted by molar-refractivity contribution is -0.120. The molecule has 6 nitrogen and oxygen atoms in total. The minimum atomic E-state index is -0.786. The van der Waals surface area contributed by atoms with Crippen molar-refractivity contribution < 1.29 is 19.1 Å². The summed E-state index contributed by atoms with van der Waals surface area (Å²) in [6.45, 7) is 2.40. The molecule has 0 spiro atoms. The van der Waals surface area contributed by atoms with Crippen molar-refractivity contribution in [1.82, 2.24) is 4.90 Å². The summed E-state index contributed by atoms with van der Waals surface area (Å²) in [5, 5.41) is 2.88. The SMILES string of the molecule is CCOC(=O)c1ccc(NC(=O)[C@@H](c2ccccc2)N2Cc3ccccc3C2=O)cc1. The highest BCUT2D eigenvalue weighted by Gasteiger charge is 2.37. The average molecular weight is 414 g/mol. The molecule has 1 heterocycles. The van der Waals surface area contributed by atoms with E-state index in [1.165, 1.54) is 0 Å². The van der Waals surface area contributed by atoms with E-state index in [1.807, 2.05) is 48.5 Å². The summed E-state index contributed by atoms with van der Waals surface area (Å²) in [5.41, 5.74) is 3.19. The van der Waals surface area contributed by atoms with Gasteiger partial charge in [-0.2, -0.15) is 0 Å². The largest absolute Gasteiger partial charge is 0.462 e. The standard InChI is InChI=1S/C25H22N2O4/c1-2-31-25(30)18-12-14-20(15-13-18)26-23(28)22(17-8-4-3-5-9-17)27-16-19-10-6-7-11-21(19)24(27)29/h3-15,22H,2,16H2,1H3,(H,26,28)/t22-/m1/s1. The zero-order valence-electron chi connectivity index (χ0n) is 17.1. The third-order valence-corrected chi connectivity index (χ3v) is 5.19. The number of nitrogens with one attached hydrogen (secondary N) is 1. The highest BCUT2D eigenvalue weighted by molar-refractivity contribution is 6.04. The van der Waals surface area contributed by atoms with Gasteiger partial charge in [-0.3, -0.25) is 9.59 Å². The van der Waals surface area contributed by atoms with Crippen LogP contribution in [0.5, 0.6) is 0 Å². The van der Waals surface area contributed by atoms with Gasteiger partial charge in [0.1, 0.15) is 6.04 Å². The Morgan fingerprint density at radius 3 is 2.32 bits per heavy atom. The minimum Gasteiger partial charge on any atom is -0.462 e. The van der Waals surface area contributed by atoms with Gasteiger partial charge in [0.2, 0.25) is 0 Å². The molecule has 0 unspecified atom stereocenters. The van der Waals surface area contributed by atoms with Gasteiger partial charge in [0.05, 0.1) is 12.2 Å². The molecule has 156 valence electrons. The number of rotatable bonds is 6. The Morgan fingerprint density at radius 2 is 1.65 bits per heavy atom. The molecular weight excluding hydrogens is 392 g/mol. The average Bonchev–Trinajstić information content (AvgIpc) is 3.11. The third-order valence-electron chi connectivity index (χ3n) is 5.19. The molecule has 1 atom stereocenters. The molecule has 0 radical (unpaired) electrons. The first kappa shape index (κ1) is 20.3. The molecule has 4 rings (SSSR count). The Bertz CT molecular complexity index is 1110. The number of benzene rings is 3. The van der Waals surface area contributed by atoms with Gasteiger partial charge < -0.3 is 15.0 Å². The molecule has 3 aromatic rings. The Kier molecular flexibility index (Phi) is 5.80. The molecule has 0 fully saturated rings. The van der Waals surface area contributed by atoms with Crippen molar-refractivity contribution in [2.24, 2.45) is 0 Å². The second-order valence-corrected chi connectivity index (χ2v) is 7.19. The van der Waals surface area contributed by atoms with Crippen molar-refractivity contribution in [3.63, 3.8) is 0 Å². The van der Waals surface area contributed by atoms with Gasteiger partial charge in [0.15, 0.2) is 0 Å². The molecule has 0 saturated heterocycles. The number of hydrogen-bond acceptors (Lipinski definition) is 4. The fourth-order valence-corrected chi connectivity index (χ4v) is 3.71. The van der Waals surface area contributed by atoms with E-state index in [0.29, 0.717) is 30.0 Å². The van der Waals surface area contributed by atoms with Crippen molar-refractivity contribution in [1.29, 1.82) is 0 Å². The fourth-order valence-electron chi connectivity index (χ4n) is 3.71. The topological polar surface area (TPSA) is 75.7 Å². The number of hydrogen-bond donors (Lipinski definition) is 1. The van der Waals surface area contributed by atoms with E-state index in [9.17, 15) is 14.4 Å². The van der Waals surface area contributed by atoms with Gasteiger partial charge in [-0.15, -0.1) is 0 Å². The molecular formula is C25H22N2O4. The van der Waals surface area contributed by atoms with Crippen molar-refractivity contribution in [3.05, 3.63) is 101 Å². The highest BCUT2D eigenvalue weighted by atomic mass is 16.5. The number of nitrogens with zero attached hydrogens (tertiary/aromatic N) is 1. The number of anilines is 1. The lowest BCUT2D eigenvalue weighted by Crippen LogP contribution is -2.37. The third kappa shape index (κ3) is 4.19. The van der Waals surface area contributed by atoms with Crippen LogP contribution in [-0.2, 0) is 16.1 Å². The second-order valence-electron chi connectivity index (χ2n) is 7.19. The molecule has 31 heavy (non-hydrogen) atoms. The van der Waals surface area contributed by atoms with E-state index in [2.05, 4.69) is 5.32 Å². The molecule has 1 aliphatic rings. The van der Waals surface area contributed by atoms with Crippen molar-refractivity contribution in [2.45, 2.75) is 19.5 Å². The van der Waals surface area contributed by atoms with Crippen LogP contribution in [0.3, 0.4) is 0 Å². The number of esters is 1. The second kappa shape index (κ2) is 8.83. The van der Waals surface area contributed by atoms with Crippen molar-refractivity contribution >= 4 is 23.5 Å². The van der Waals surface area contributed by atoms with Crippen molar-refractivity contribution in [2.75, 3.05) is 11.9 Å². The first-order chi connectivity index (χ1) is 15.1. The summed E-state index contributed by atoms with van der Waals surface area (Å²) in [4.78, 5) is 39.8. The fraction of sp³-hybridized carbons (Fsp3) is 0.160. The van der Waals surface area contributed by atoms with Gasteiger partial charge >= 0.3 is 5.97 Å². The van der Waals surface area contributed by atoms with Crippen LogP contribution in [0.25, 0.3) is 0 Å². The molecule has 0 aliphatic carbocycles. The van der Waals surface area contributed by atoms with Crippen LogP contribution in [0.2, 0.25) is 0 Å². The smallest absolute Gasteiger partial charge is 0.338 e. The highest BCUT2D eigenvalue weighted by Crippen LogP contribution is 2.32. The molecule has 0 aromatic heterocycles. The quantitative estimate of drug-likeness (QED) is 0.614. The summed E-state index contributed by atoms with van der Waals surface area (Å²) in [7, 11) is 0. The summed E-state index contributed by atoms with van der Waals surface area (Å²) < 4.78 is 4.98. The van der Waals surface area contributed by atoms with Crippen LogP contribution in [-0.4, -0.2) is 29.3 Å². The zero-order chi connectivity index (χ0) is 21.8. The Morgan fingerprint density at radius 1 is 0.968 bits per heavy atom. The van der Waals surface area contributed by atoms with Gasteiger partial charge in [-0.05, 0) is 48.4 Å². The molecule has 0 saturated carbocycles. The summed E-state index contributed by atoms with van der Waals surface area (Å²) >= 11 is 0. The Labute approximate surface area is 180 Å². The maximum absolute atomic E-state index is 13.3. The molecule has 3 aromatic carbocycles. The number of amides is 2. The predicted molar refractivity (Wildman–Crippen MR) is 117 cm³/mol. The van der Waals surface area contributed by atoms with Gasteiger partial charge in [-0.1, -0.05) is 48.5 Å². The first-order valence-electron chi connectivity index (χ1n) is 10.1. The summed E-state index contributed by atoms with van der Waals surface area (Å²) in [5.74, 6) is -0.906. The summed E-state index contributed by atoms with van der Waals surface area (Å²) in [6.07, 6.45) is 0. The zero-order valence-corrected chi connectivity index (χ0v) is 17.1. The van der Waals surface area contributed by atoms with Crippen LogP contribution in [0.15, 0.2) is 78.9 Å². The number of carbonyl (C=O) groups is 3. The van der Waals surface area contributed by atoms with E-state index in [1.54, 1.807) is 42.2 Å². The van der Waals surface area contributed by atoms with Gasteiger partial charge in [-0.25, -0.2) is 4.79 Å². The van der Waals surface area contributed by atoms with Crippen LogP contribution in [0, 0.1) is 0 Å². The minimum absolute atomic E-state index is 0.169. The van der Waals surface area contributed by atoms with Crippen LogP contribution >= 0.6 is 0 Å². The number of carbonyl (C=O) groups excluding carboxylic acids is 3. The van der Waals surface area contributed by atoms with Crippen molar-refractivity contribution in [3.8, 4) is 0 Å². The molecule has 1 aliphatic heterocycles. The maximum Gasteiger partial charge on any atom is 0.338 e. The molecule has 1 N–H and O–H groups in total. The van der Waals surface area contributed by atoms with Crippen LogP contribution in [0.1, 0.15) is 44.8 Å². The monoisotopic (exact) mass is 414 g/mol. The van der Waals surface area contributed by atoms with Crippen LogP contribution in [0.4, 0.5) is 5.69 Å². The van der Waals surface area contributed by atoms with Gasteiger partial charge in [0.25, 0.3) is 11.8 Å². The maximum atomic E-state index is 13.3. The van der Waals surface area contributed by atoms with Crippen LogP contribution < -0.4 is 5.32 Å². The Hall–Kier alpha value is -3.93. The van der Waals surface area contributed by atoms with E-state index in [4.69, 9.17) is 4.74 Å². The number of ether oxygens (including phenoxy) is 1. The molecule has 2 amide bonds. The van der Waals surface area contributed by atoms with E-state index >= 15 is 0 Å². The Balaban J connectivity index is 1.59. The first-order valence-corrected chi connectivity index (χ1v) is 10.1. The normalized spacial score (nSPS) is 13.5. The summed E-state index contributed by atoms with van der Waals surface area (Å²) in [6, 6.07) is 22.3. The lowest BCUT2D eigenvalue weighted by atomic mass is 10.0.